The number of esters is 1. The average Bonchev–Trinajstić information content (AvgIpc) is 2.63. The van der Waals surface area contributed by atoms with E-state index < -0.39 is 0 Å². The van der Waals surface area contributed by atoms with Gasteiger partial charge in [0.2, 0.25) is 0 Å². The van der Waals surface area contributed by atoms with Gasteiger partial charge in [0.05, 0.1) is 13.0 Å². The van der Waals surface area contributed by atoms with Gasteiger partial charge in [0.15, 0.2) is 0 Å². The van der Waals surface area contributed by atoms with Crippen LogP contribution in [0.4, 0.5) is 0 Å². The van der Waals surface area contributed by atoms with Crippen molar-refractivity contribution in [3.05, 3.63) is 0 Å². The highest BCUT2D eigenvalue weighted by molar-refractivity contribution is 5.73. The topological polar surface area (TPSA) is 26.3 Å². The first kappa shape index (κ1) is 8.09. The third-order valence-electron chi connectivity index (χ3n) is 3.80. The van der Waals surface area contributed by atoms with Gasteiger partial charge < -0.3 is 4.74 Å². The van der Waals surface area contributed by atoms with E-state index in [0.29, 0.717) is 11.8 Å². The maximum absolute atomic E-state index is 11.4. The van der Waals surface area contributed by atoms with Crippen LogP contribution < -0.4 is 0 Å². The number of carbonyl (C=O) groups is 1. The second kappa shape index (κ2) is 2.75. The van der Waals surface area contributed by atoms with Crippen LogP contribution in [0.15, 0.2) is 0 Å². The third-order valence-corrected chi connectivity index (χ3v) is 3.80. The summed E-state index contributed by atoms with van der Waals surface area (Å²) in [5.41, 5.74) is 0. The molecule has 2 fully saturated rings. The minimum atomic E-state index is 0.0229. The van der Waals surface area contributed by atoms with Crippen LogP contribution in [0.25, 0.3) is 0 Å². The molecule has 2 nitrogen and oxygen atoms in total. The minimum absolute atomic E-state index is 0.0229. The number of carbonyl (C=O) groups excluding carboxylic acids is 1. The van der Waals surface area contributed by atoms with Gasteiger partial charge in [-0.3, -0.25) is 4.79 Å². The lowest BCUT2D eigenvalue weighted by molar-refractivity contribution is -0.149. The smallest absolute Gasteiger partial charge is 0.309 e. The van der Waals surface area contributed by atoms with E-state index in [1.165, 1.54) is 26.4 Å². The molecule has 0 radical (unpaired) electrons. The summed E-state index contributed by atoms with van der Waals surface area (Å²) in [6.07, 6.45) is 3.84. The molecule has 0 amide bonds. The summed E-state index contributed by atoms with van der Waals surface area (Å²) in [6.45, 7) is 2.20. The summed E-state index contributed by atoms with van der Waals surface area (Å²) >= 11 is 0. The van der Waals surface area contributed by atoms with Crippen molar-refractivity contribution in [1.29, 1.82) is 0 Å². The molecule has 12 heavy (non-hydrogen) atoms. The van der Waals surface area contributed by atoms with Crippen molar-refractivity contribution in [2.24, 2.45) is 23.7 Å². The highest BCUT2D eigenvalue weighted by Crippen LogP contribution is 2.52. The van der Waals surface area contributed by atoms with E-state index in [0.717, 1.165) is 5.92 Å². The van der Waals surface area contributed by atoms with E-state index in [1.54, 1.807) is 0 Å². The van der Waals surface area contributed by atoms with Crippen LogP contribution in [-0.2, 0) is 9.53 Å². The predicted molar refractivity (Wildman–Crippen MR) is 45.5 cm³/mol. The number of fused-ring (bicyclic) bond motifs is 2. The lowest BCUT2D eigenvalue weighted by atomic mass is 9.80. The summed E-state index contributed by atoms with van der Waals surface area (Å²) in [7, 11) is 1.50. The lowest BCUT2D eigenvalue weighted by Crippen LogP contribution is -2.28. The molecule has 2 aliphatic carbocycles. The highest BCUT2D eigenvalue weighted by Gasteiger charge is 2.48. The van der Waals surface area contributed by atoms with Gasteiger partial charge in [-0.25, -0.2) is 0 Å². The van der Waals surface area contributed by atoms with Gasteiger partial charge in [-0.2, -0.15) is 0 Å². The molecule has 0 aromatic heterocycles. The first-order valence-corrected chi connectivity index (χ1v) is 4.82. The Balaban J connectivity index is 2.12. The molecule has 0 N–H and O–H groups in total. The molecular formula is C10H16O2. The van der Waals surface area contributed by atoms with Crippen LogP contribution in [0, 0.1) is 23.7 Å². The monoisotopic (exact) mass is 168 g/mol. The van der Waals surface area contributed by atoms with E-state index in [1.807, 2.05) is 0 Å². The van der Waals surface area contributed by atoms with Gasteiger partial charge in [0.1, 0.15) is 0 Å². The molecule has 0 aromatic carbocycles. The Hall–Kier alpha value is -0.530. The fourth-order valence-electron chi connectivity index (χ4n) is 3.12. The molecule has 0 aliphatic heterocycles. The Bertz CT molecular complexity index is 198. The molecule has 2 aliphatic rings. The van der Waals surface area contributed by atoms with E-state index in [2.05, 4.69) is 6.92 Å². The molecule has 0 saturated heterocycles. The van der Waals surface area contributed by atoms with Crippen LogP contribution in [0.3, 0.4) is 0 Å². The lowest BCUT2D eigenvalue weighted by Gasteiger charge is -2.25. The van der Waals surface area contributed by atoms with Crippen LogP contribution in [0.2, 0.25) is 0 Å². The van der Waals surface area contributed by atoms with Crippen molar-refractivity contribution in [3.8, 4) is 0 Å². The first-order chi connectivity index (χ1) is 5.74. The Kier molecular flexibility index (Phi) is 1.85. The van der Waals surface area contributed by atoms with Crippen molar-refractivity contribution in [2.45, 2.75) is 26.2 Å². The number of ether oxygens (including phenoxy) is 1. The summed E-state index contributed by atoms with van der Waals surface area (Å²) in [6, 6.07) is 0. The molecule has 0 heterocycles. The van der Waals surface area contributed by atoms with Gasteiger partial charge in [-0.15, -0.1) is 0 Å². The second-order valence-electron chi connectivity index (χ2n) is 4.24. The summed E-state index contributed by atoms with van der Waals surface area (Å²) < 4.78 is 4.82. The van der Waals surface area contributed by atoms with E-state index >= 15 is 0 Å². The maximum atomic E-state index is 11.4. The normalized spacial score (nSPS) is 44.8. The Morgan fingerprint density at radius 2 is 2.00 bits per heavy atom. The molecule has 4 atom stereocenters. The summed E-state index contributed by atoms with van der Waals surface area (Å²) in [5, 5.41) is 0. The van der Waals surface area contributed by atoms with Crippen molar-refractivity contribution in [1.82, 2.24) is 0 Å². The van der Waals surface area contributed by atoms with E-state index in [9.17, 15) is 4.79 Å². The van der Waals surface area contributed by atoms with Crippen molar-refractivity contribution >= 4 is 5.97 Å². The molecule has 68 valence electrons. The molecule has 0 spiro atoms. The van der Waals surface area contributed by atoms with E-state index in [-0.39, 0.29) is 11.9 Å². The Morgan fingerprint density at radius 3 is 2.50 bits per heavy atom. The predicted octanol–water partition coefficient (Wildman–Crippen LogP) is 1.84. The highest BCUT2D eigenvalue weighted by atomic mass is 16.5. The van der Waals surface area contributed by atoms with Crippen molar-refractivity contribution in [2.75, 3.05) is 7.11 Å². The van der Waals surface area contributed by atoms with Crippen molar-refractivity contribution in [3.63, 3.8) is 0 Å². The molecule has 0 aromatic rings. The molecule has 2 heteroatoms. The fraction of sp³-hybridized carbons (Fsp3) is 0.900. The number of methoxy groups -OCH3 is 1. The molecule has 2 saturated carbocycles. The first-order valence-electron chi connectivity index (χ1n) is 4.82. The summed E-state index contributed by atoms with van der Waals surface area (Å²) in [5.74, 6) is 2.25. The van der Waals surface area contributed by atoms with Gasteiger partial charge in [-0.1, -0.05) is 6.92 Å². The number of hydrogen-bond donors (Lipinski definition) is 0. The third kappa shape index (κ3) is 0.970. The maximum Gasteiger partial charge on any atom is 0.309 e. The molecule has 2 rings (SSSR count). The van der Waals surface area contributed by atoms with Gasteiger partial charge in [-0.05, 0) is 37.0 Å². The zero-order valence-electron chi connectivity index (χ0n) is 7.75. The van der Waals surface area contributed by atoms with Crippen LogP contribution in [0.1, 0.15) is 26.2 Å². The molecule has 2 bridgehead atoms. The van der Waals surface area contributed by atoms with Crippen LogP contribution >= 0.6 is 0 Å². The molecule has 0 unspecified atom stereocenters. The minimum Gasteiger partial charge on any atom is -0.469 e. The fourth-order valence-corrected chi connectivity index (χ4v) is 3.12. The van der Waals surface area contributed by atoms with Gasteiger partial charge in [0, 0.05) is 0 Å². The largest absolute Gasteiger partial charge is 0.469 e. The Labute approximate surface area is 73.3 Å². The summed E-state index contributed by atoms with van der Waals surface area (Å²) in [4.78, 5) is 11.4. The molecular weight excluding hydrogens is 152 g/mol. The number of rotatable bonds is 1. The quantitative estimate of drug-likeness (QED) is 0.558. The van der Waals surface area contributed by atoms with Crippen molar-refractivity contribution < 1.29 is 9.53 Å². The van der Waals surface area contributed by atoms with Gasteiger partial charge in [0.25, 0.3) is 0 Å². The standard InChI is InChI=1S/C10H16O2/c1-6-7-3-4-8(5-7)9(6)10(11)12-2/h6-9H,3-5H2,1-2H3/t6-,7-,8-,9+/m0/s1. The SMILES string of the molecule is COC(=O)[C@H]1[C@H]2CC[C@@H](C2)[C@@H]1C. The average molecular weight is 168 g/mol. The second-order valence-corrected chi connectivity index (χ2v) is 4.24. The van der Waals surface area contributed by atoms with E-state index in [4.69, 9.17) is 4.74 Å². The zero-order chi connectivity index (χ0) is 8.72. The Morgan fingerprint density at radius 1 is 1.33 bits per heavy atom. The van der Waals surface area contributed by atoms with Crippen LogP contribution in [0.5, 0.6) is 0 Å². The number of hydrogen-bond acceptors (Lipinski definition) is 2. The van der Waals surface area contributed by atoms with Gasteiger partial charge >= 0.3 is 5.97 Å². The van der Waals surface area contributed by atoms with Crippen LogP contribution in [-0.4, -0.2) is 13.1 Å². The zero-order valence-corrected chi connectivity index (χ0v) is 7.75.